The van der Waals surface area contributed by atoms with Crippen LogP contribution >= 0.6 is 46.8 Å². The number of aromatic nitrogens is 1. The molecule has 2 aromatic carbocycles. The molecular weight excluding hydrogens is 413 g/mol. The summed E-state index contributed by atoms with van der Waals surface area (Å²) in [6.07, 6.45) is 0. The number of ether oxygens (including phenoxy) is 1. The Morgan fingerprint density at radius 1 is 1.27 bits per heavy atom. The zero-order chi connectivity index (χ0) is 18.7. The Balaban J connectivity index is 1.66. The van der Waals surface area contributed by atoms with Crippen LogP contribution in [0, 0.1) is 0 Å². The molecule has 0 saturated heterocycles. The highest BCUT2D eigenvalue weighted by Crippen LogP contribution is 2.28. The molecule has 26 heavy (non-hydrogen) atoms. The molecule has 0 aliphatic heterocycles. The van der Waals surface area contributed by atoms with Crippen LogP contribution in [0.15, 0.2) is 36.4 Å². The van der Waals surface area contributed by atoms with Gasteiger partial charge in [-0.05, 0) is 55.5 Å². The largest absolute Gasteiger partial charge is 0.492 e. The Labute approximate surface area is 169 Å². The minimum atomic E-state index is -0.378. The molecule has 134 valence electrons. The van der Waals surface area contributed by atoms with E-state index in [1.54, 1.807) is 18.2 Å². The summed E-state index contributed by atoms with van der Waals surface area (Å²) in [6.45, 7) is 2.35. The predicted octanol–water partition coefficient (Wildman–Crippen LogP) is 5.13. The summed E-state index contributed by atoms with van der Waals surface area (Å²) < 4.78 is 6.27. The molecule has 0 saturated carbocycles. The van der Waals surface area contributed by atoms with E-state index in [9.17, 15) is 4.79 Å². The Kier molecular flexibility index (Phi) is 5.93. The zero-order valence-electron chi connectivity index (χ0n) is 13.5. The lowest BCUT2D eigenvalue weighted by Gasteiger charge is -2.09. The Hall–Kier alpha value is -1.93. The van der Waals surface area contributed by atoms with E-state index in [0.29, 0.717) is 33.1 Å². The molecule has 0 aliphatic carbocycles. The molecule has 0 fully saturated rings. The van der Waals surface area contributed by atoms with Crippen molar-refractivity contribution >= 4 is 73.1 Å². The highest BCUT2D eigenvalue weighted by atomic mass is 35.5. The molecule has 1 aromatic heterocycles. The second-order valence-electron chi connectivity index (χ2n) is 5.12. The van der Waals surface area contributed by atoms with Gasteiger partial charge >= 0.3 is 0 Å². The fraction of sp³-hybridized carbons (Fsp3) is 0.118. The van der Waals surface area contributed by atoms with Crippen LogP contribution in [-0.2, 0) is 0 Å². The van der Waals surface area contributed by atoms with Crippen molar-refractivity contribution in [2.24, 2.45) is 0 Å². The van der Waals surface area contributed by atoms with Gasteiger partial charge in [0.25, 0.3) is 5.91 Å². The molecule has 9 heteroatoms. The van der Waals surface area contributed by atoms with Gasteiger partial charge in [0.2, 0.25) is 0 Å². The molecule has 1 heterocycles. The number of halogens is 2. The first-order valence-corrected chi connectivity index (χ1v) is 9.55. The fourth-order valence-corrected chi connectivity index (χ4v) is 3.81. The number of rotatable bonds is 4. The summed E-state index contributed by atoms with van der Waals surface area (Å²) in [4.78, 5) is 16.7. The van der Waals surface area contributed by atoms with E-state index in [4.69, 9.17) is 40.2 Å². The lowest BCUT2D eigenvalue weighted by atomic mass is 10.2. The third-order valence-electron chi connectivity index (χ3n) is 3.29. The standard InChI is InChI=1S/C17H13Cl2N3O2S2/c1-2-24-13-6-3-9(7-11(13)19)15(23)21-16(25)22-17-20-12-5-4-10(18)8-14(12)26-17/h3-8H,2H2,1H3,(H2,20,21,22,23,25). The lowest BCUT2D eigenvalue weighted by Crippen LogP contribution is -2.34. The van der Waals surface area contributed by atoms with E-state index in [1.807, 2.05) is 19.1 Å². The van der Waals surface area contributed by atoms with E-state index >= 15 is 0 Å². The SMILES string of the molecule is CCOc1ccc(C(=O)NC(=S)Nc2nc3ccc(Cl)cc3s2)cc1Cl. The summed E-state index contributed by atoms with van der Waals surface area (Å²) in [5.74, 6) is 0.149. The smallest absolute Gasteiger partial charge is 0.257 e. The van der Waals surface area contributed by atoms with Gasteiger partial charge in [0, 0.05) is 10.6 Å². The van der Waals surface area contributed by atoms with Crippen LogP contribution in [0.5, 0.6) is 5.75 Å². The van der Waals surface area contributed by atoms with Gasteiger partial charge in [-0.25, -0.2) is 4.98 Å². The molecule has 2 N–H and O–H groups in total. The second-order valence-corrected chi connectivity index (χ2v) is 7.40. The molecule has 3 rings (SSSR count). The average molecular weight is 426 g/mol. The number of benzene rings is 2. The van der Waals surface area contributed by atoms with Crippen LogP contribution in [0.4, 0.5) is 5.13 Å². The fourth-order valence-electron chi connectivity index (χ4n) is 2.17. The van der Waals surface area contributed by atoms with E-state index in [1.165, 1.54) is 17.4 Å². The zero-order valence-corrected chi connectivity index (χ0v) is 16.7. The Bertz CT molecular complexity index is 991. The number of anilines is 1. The van der Waals surface area contributed by atoms with Gasteiger partial charge in [0.15, 0.2) is 10.2 Å². The third-order valence-corrected chi connectivity index (χ3v) is 4.96. The second kappa shape index (κ2) is 8.18. The van der Waals surface area contributed by atoms with Crippen LogP contribution in [-0.4, -0.2) is 22.6 Å². The van der Waals surface area contributed by atoms with E-state index < -0.39 is 0 Å². The topological polar surface area (TPSA) is 63.2 Å². The van der Waals surface area contributed by atoms with Crippen molar-refractivity contribution in [1.29, 1.82) is 0 Å². The van der Waals surface area contributed by atoms with Crippen molar-refractivity contribution in [2.75, 3.05) is 11.9 Å². The number of amides is 1. The van der Waals surface area contributed by atoms with E-state index in [-0.39, 0.29) is 11.0 Å². The number of nitrogens with one attached hydrogen (secondary N) is 2. The lowest BCUT2D eigenvalue weighted by molar-refractivity contribution is 0.0977. The van der Waals surface area contributed by atoms with Gasteiger partial charge in [0.05, 0.1) is 21.8 Å². The maximum atomic E-state index is 12.3. The molecule has 0 aliphatic rings. The highest BCUT2D eigenvalue weighted by Gasteiger charge is 2.12. The summed E-state index contributed by atoms with van der Waals surface area (Å²) in [5.41, 5.74) is 1.17. The molecule has 0 radical (unpaired) electrons. The minimum absolute atomic E-state index is 0.144. The van der Waals surface area contributed by atoms with Gasteiger partial charge in [0.1, 0.15) is 5.75 Å². The van der Waals surface area contributed by atoms with Crippen LogP contribution in [0.25, 0.3) is 10.2 Å². The van der Waals surface area contributed by atoms with Crippen LogP contribution < -0.4 is 15.4 Å². The normalized spacial score (nSPS) is 10.6. The van der Waals surface area contributed by atoms with Crippen LogP contribution in [0.2, 0.25) is 10.0 Å². The van der Waals surface area contributed by atoms with E-state index in [2.05, 4.69) is 15.6 Å². The van der Waals surface area contributed by atoms with Gasteiger partial charge in [-0.15, -0.1) is 0 Å². The minimum Gasteiger partial charge on any atom is -0.492 e. The number of carbonyl (C=O) groups is 1. The van der Waals surface area contributed by atoms with Crippen molar-refractivity contribution < 1.29 is 9.53 Å². The maximum Gasteiger partial charge on any atom is 0.257 e. The molecule has 3 aromatic rings. The molecule has 5 nitrogen and oxygen atoms in total. The Morgan fingerprint density at radius 2 is 2.08 bits per heavy atom. The highest BCUT2D eigenvalue weighted by molar-refractivity contribution is 7.80. The summed E-state index contributed by atoms with van der Waals surface area (Å²) in [6, 6.07) is 10.2. The van der Waals surface area contributed by atoms with Crippen LogP contribution in [0.1, 0.15) is 17.3 Å². The number of hydrogen-bond acceptors (Lipinski definition) is 5. The third kappa shape index (κ3) is 4.42. The van der Waals surface area contributed by atoms with Gasteiger partial charge < -0.3 is 10.1 Å². The average Bonchev–Trinajstić information content (AvgIpc) is 2.97. The number of carbonyl (C=O) groups excluding carboxylic acids is 1. The maximum absolute atomic E-state index is 12.3. The van der Waals surface area contributed by atoms with Crippen molar-refractivity contribution in [2.45, 2.75) is 6.92 Å². The summed E-state index contributed by atoms with van der Waals surface area (Å²) >= 11 is 18.6. The number of thiazole rings is 1. The number of thiocarbonyl (C=S) groups is 1. The summed E-state index contributed by atoms with van der Waals surface area (Å²) in [5, 5.41) is 7.21. The molecule has 0 spiro atoms. The quantitative estimate of drug-likeness (QED) is 0.567. The first-order valence-electron chi connectivity index (χ1n) is 7.57. The van der Waals surface area contributed by atoms with Gasteiger partial charge in [-0.2, -0.15) is 0 Å². The Morgan fingerprint density at radius 3 is 2.81 bits per heavy atom. The van der Waals surface area contributed by atoms with Crippen LogP contribution in [0.3, 0.4) is 0 Å². The molecule has 1 amide bonds. The monoisotopic (exact) mass is 425 g/mol. The van der Waals surface area contributed by atoms with Crippen molar-refractivity contribution in [1.82, 2.24) is 10.3 Å². The van der Waals surface area contributed by atoms with Gasteiger partial charge in [-0.3, -0.25) is 10.1 Å². The van der Waals surface area contributed by atoms with Crippen molar-refractivity contribution in [3.63, 3.8) is 0 Å². The number of nitrogens with zero attached hydrogens (tertiary/aromatic N) is 1. The number of fused-ring (bicyclic) bond motifs is 1. The van der Waals surface area contributed by atoms with Gasteiger partial charge in [-0.1, -0.05) is 34.5 Å². The summed E-state index contributed by atoms with van der Waals surface area (Å²) in [7, 11) is 0. The molecule has 0 atom stereocenters. The van der Waals surface area contributed by atoms with Crippen molar-refractivity contribution in [3.05, 3.63) is 52.0 Å². The first kappa shape index (κ1) is 18.8. The predicted molar refractivity (Wildman–Crippen MR) is 111 cm³/mol. The molecular formula is C17H13Cl2N3O2S2. The number of hydrogen-bond donors (Lipinski definition) is 2. The molecule has 0 unspecified atom stereocenters. The van der Waals surface area contributed by atoms with Crippen molar-refractivity contribution in [3.8, 4) is 5.75 Å². The first-order chi connectivity index (χ1) is 12.5. The molecule has 0 bridgehead atoms. The van der Waals surface area contributed by atoms with E-state index in [0.717, 1.165) is 10.2 Å².